The maximum Gasteiger partial charge on any atom is 0.122 e. The van der Waals surface area contributed by atoms with E-state index in [4.69, 9.17) is 4.74 Å². The van der Waals surface area contributed by atoms with Gasteiger partial charge < -0.3 is 10.1 Å². The third-order valence-corrected chi connectivity index (χ3v) is 4.26. The number of benzene rings is 1. The lowest BCUT2D eigenvalue weighted by molar-refractivity contribution is 0.312. The first-order valence-corrected chi connectivity index (χ1v) is 8.17. The summed E-state index contributed by atoms with van der Waals surface area (Å²) in [5, 5.41) is 3.40. The second-order valence-electron chi connectivity index (χ2n) is 4.75. The lowest BCUT2D eigenvalue weighted by Crippen LogP contribution is -2.22. The van der Waals surface area contributed by atoms with E-state index >= 15 is 0 Å². The van der Waals surface area contributed by atoms with Crippen LogP contribution in [0.2, 0.25) is 0 Å². The van der Waals surface area contributed by atoms with Crippen molar-refractivity contribution in [2.75, 3.05) is 25.7 Å². The molecule has 0 amide bonds. The van der Waals surface area contributed by atoms with Gasteiger partial charge in [0, 0.05) is 6.04 Å². The summed E-state index contributed by atoms with van der Waals surface area (Å²) in [6.07, 6.45) is 6.91. The van der Waals surface area contributed by atoms with E-state index in [1.165, 1.54) is 29.7 Å². The van der Waals surface area contributed by atoms with Crippen LogP contribution in [-0.4, -0.2) is 25.7 Å². The lowest BCUT2D eigenvalue weighted by atomic mass is 9.87. The van der Waals surface area contributed by atoms with Gasteiger partial charge in [-0.2, -0.15) is 11.8 Å². The fourth-order valence-electron chi connectivity index (χ4n) is 2.64. The highest BCUT2D eigenvalue weighted by Gasteiger charge is 2.21. The zero-order valence-corrected chi connectivity index (χ0v) is 12.2. The fourth-order valence-corrected chi connectivity index (χ4v) is 3.04. The molecule has 0 bridgehead atoms. The van der Waals surface area contributed by atoms with Gasteiger partial charge in [0.2, 0.25) is 0 Å². The SMILES string of the molecule is CNC1CCCc2c(OCCCSC)cccc21. The first-order valence-electron chi connectivity index (χ1n) is 6.77. The minimum atomic E-state index is 0.503. The van der Waals surface area contributed by atoms with Gasteiger partial charge in [0.1, 0.15) is 5.75 Å². The molecule has 1 aromatic carbocycles. The van der Waals surface area contributed by atoms with Crippen molar-refractivity contribution in [1.29, 1.82) is 0 Å². The average molecular weight is 265 g/mol. The topological polar surface area (TPSA) is 21.3 Å². The maximum atomic E-state index is 5.96. The van der Waals surface area contributed by atoms with E-state index < -0.39 is 0 Å². The quantitative estimate of drug-likeness (QED) is 0.796. The third kappa shape index (κ3) is 3.21. The van der Waals surface area contributed by atoms with Crippen molar-refractivity contribution in [3.05, 3.63) is 29.3 Å². The van der Waals surface area contributed by atoms with Crippen molar-refractivity contribution < 1.29 is 4.74 Å². The minimum Gasteiger partial charge on any atom is -0.493 e. The molecular weight excluding hydrogens is 242 g/mol. The summed E-state index contributed by atoms with van der Waals surface area (Å²) in [5.74, 6) is 2.28. The van der Waals surface area contributed by atoms with Crippen LogP contribution in [0.1, 0.15) is 36.4 Å². The van der Waals surface area contributed by atoms with E-state index in [0.717, 1.165) is 25.2 Å². The van der Waals surface area contributed by atoms with Gasteiger partial charge in [0.25, 0.3) is 0 Å². The van der Waals surface area contributed by atoms with Crippen LogP contribution in [0.25, 0.3) is 0 Å². The van der Waals surface area contributed by atoms with Crippen LogP contribution < -0.4 is 10.1 Å². The van der Waals surface area contributed by atoms with Gasteiger partial charge in [0.15, 0.2) is 0 Å². The molecule has 3 heteroatoms. The Morgan fingerprint density at radius 1 is 1.44 bits per heavy atom. The minimum absolute atomic E-state index is 0.503. The summed E-state index contributed by atoms with van der Waals surface area (Å²) < 4.78 is 5.96. The highest BCUT2D eigenvalue weighted by molar-refractivity contribution is 7.98. The van der Waals surface area contributed by atoms with Crippen molar-refractivity contribution in [2.45, 2.75) is 31.7 Å². The van der Waals surface area contributed by atoms with Crippen molar-refractivity contribution in [1.82, 2.24) is 5.32 Å². The Morgan fingerprint density at radius 3 is 3.11 bits per heavy atom. The number of ether oxygens (including phenoxy) is 1. The highest BCUT2D eigenvalue weighted by Crippen LogP contribution is 2.35. The fraction of sp³-hybridized carbons (Fsp3) is 0.600. The number of hydrogen-bond donors (Lipinski definition) is 1. The zero-order chi connectivity index (χ0) is 12.8. The average Bonchev–Trinajstić information content (AvgIpc) is 2.43. The van der Waals surface area contributed by atoms with Crippen LogP contribution in [0.15, 0.2) is 18.2 Å². The molecule has 18 heavy (non-hydrogen) atoms. The lowest BCUT2D eigenvalue weighted by Gasteiger charge is -2.26. The molecule has 2 rings (SSSR count). The maximum absolute atomic E-state index is 5.96. The van der Waals surface area contributed by atoms with E-state index in [9.17, 15) is 0 Å². The monoisotopic (exact) mass is 265 g/mol. The molecule has 0 aliphatic heterocycles. The molecule has 0 spiro atoms. The molecule has 0 heterocycles. The molecule has 100 valence electrons. The molecular formula is C15H23NOS. The van der Waals surface area contributed by atoms with Gasteiger partial charge in [0.05, 0.1) is 6.61 Å². The van der Waals surface area contributed by atoms with Gasteiger partial charge in [-0.1, -0.05) is 12.1 Å². The van der Waals surface area contributed by atoms with Crippen LogP contribution in [0.3, 0.4) is 0 Å². The third-order valence-electron chi connectivity index (χ3n) is 3.56. The summed E-state index contributed by atoms with van der Waals surface area (Å²) in [7, 11) is 2.05. The van der Waals surface area contributed by atoms with Crippen molar-refractivity contribution in [3.63, 3.8) is 0 Å². The van der Waals surface area contributed by atoms with Crippen molar-refractivity contribution in [3.8, 4) is 5.75 Å². The molecule has 1 N–H and O–H groups in total. The van der Waals surface area contributed by atoms with Crippen LogP contribution in [0.4, 0.5) is 0 Å². The molecule has 0 aromatic heterocycles. The van der Waals surface area contributed by atoms with Crippen LogP contribution in [0, 0.1) is 0 Å². The van der Waals surface area contributed by atoms with E-state index in [2.05, 4.69) is 29.8 Å². The number of thioether (sulfide) groups is 1. The molecule has 1 aromatic rings. The van der Waals surface area contributed by atoms with E-state index in [-0.39, 0.29) is 0 Å². The van der Waals surface area contributed by atoms with Gasteiger partial charge in [-0.05, 0) is 61.9 Å². The summed E-state index contributed by atoms with van der Waals surface area (Å²) in [5.41, 5.74) is 2.86. The van der Waals surface area contributed by atoms with Gasteiger partial charge in [-0.3, -0.25) is 0 Å². The Hall–Kier alpha value is -0.670. The smallest absolute Gasteiger partial charge is 0.122 e. The first kappa shape index (κ1) is 13.8. The first-order chi connectivity index (χ1) is 8.86. The Labute approximate surface area is 114 Å². The Morgan fingerprint density at radius 2 is 2.33 bits per heavy atom. The predicted molar refractivity (Wildman–Crippen MR) is 79.7 cm³/mol. The molecule has 0 saturated carbocycles. The van der Waals surface area contributed by atoms with Crippen LogP contribution in [0.5, 0.6) is 5.75 Å². The molecule has 1 unspecified atom stereocenters. The van der Waals surface area contributed by atoms with Gasteiger partial charge in [-0.25, -0.2) is 0 Å². The second-order valence-corrected chi connectivity index (χ2v) is 5.74. The van der Waals surface area contributed by atoms with Crippen LogP contribution in [-0.2, 0) is 6.42 Å². The summed E-state index contributed by atoms with van der Waals surface area (Å²) in [6.45, 7) is 0.835. The molecule has 1 atom stereocenters. The molecule has 1 aliphatic rings. The van der Waals surface area contributed by atoms with E-state index in [1.54, 1.807) is 0 Å². The normalized spacial score (nSPS) is 18.4. The van der Waals surface area contributed by atoms with Crippen LogP contribution >= 0.6 is 11.8 Å². The predicted octanol–water partition coefficient (Wildman–Crippen LogP) is 3.42. The highest BCUT2D eigenvalue weighted by atomic mass is 32.2. The van der Waals surface area contributed by atoms with E-state index in [1.807, 2.05) is 18.8 Å². The summed E-state index contributed by atoms with van der Waals surface area (Å²) >= 11 is 1.88. The van der Waals surface area contributed by atoms with E-state index in [0.29, 0.717) is 6.04 Å². The molecule has 1 aliphatic carbocycles. The number of rotatable bonds is 6. The van der Waals surface area contributed by atoms with Gasteiger partial charge in [-0.15, -0.1) is 0 Å². The Balaban J connectivity index is 2.07. The molecule has 0 fully saturated rings. The standard InChI is InChI=1S/C15H23NOS/c1-16-14-8-3-7-13-12(14)6-4-9-15(13)17-10-5-11-18-2/h4,6,9,14,16H,3,5,7-8,10-11H2,1-2H3. The van der Waals surface area contributed by atoms with Crippen molar-refractivity contribution >= 4 is 11.8 Å². The largest absolute Gasteiger partial charge is 0.493 e. The second kappa shape index (κ2) is 7.05. The number of fused-ring (bicyclic) bond motifs is 1. The number of hydrogen-bond acceptors (Lipinski definition) is 3. The Kier molecular flexibility index (Phi) is 5.39. The van der Waals surface area contributed by atoms with Crippen molar-refractivity contribution in [2.24, 2.45) is 0 Å². The molecule has 2 nitrogen and oxygen atoms in total. The zero-order valence-electron chi connectivity index (χ0n) is 11.4. The number of nitrogens with one attached hydrogen (secondary N) is 1. The Bertz CT molecular complexity index is 381. The van der Waals surface area contributed by atoms with Gasteiger partial charge >= 0.3 is 0 Å². The summed E-state index contributed by atoms with van der Waals surface area (Å²) in [4.78, 5) is 0. The summed E-state index contributed by atoms with van der Waals surface area (Å²) in [6, 6.07) is 6.99. The molecule has 0 saturated heterocycles. The molecule has 0 radical (unpaired) electrons.